The Morgan fingerprint density at radius 1 is 1.52 bits per heavy atom. The van der Waals surface area contributed by atoms with E-state index in [0.717, 1.165) is 18.0 Å². The van der Waals surface area contributed by atoms with Crippen molar-refractivity contribution in [2.24, 2.45) is 7.05 Å². The predicted octanol–water partition coefficient (Wildman–Crippen LogP) is 1.44. The first-order valence-corrected chi connectivity index (χ1v) is 6.17. The Labute approximate surface area is 119 Å². The molecule has 0 aliphatic carbocycles. The van der Waals surface area contributed by atoms with E-state index in [1.54, 1.807) is 12.4 Å². The van der Waals surface area contributed by atoms with Crippen molar-refractivity contribution in [2.75, 3.05) is 6.54 Å². The molecule has 1 aromatic heterocycles. The summed E-state index contributed by atoms with van der Waals surface area (Å²) in [5.74, 6) is -0.655. The monoisotopic (exact) mass is 292 g/mol. The lowest BCUT2D eigenvalue weighted by Gasteiger charge is -2.05. The molecule has 21 heavy (non-hydrogen) atoms. The number of nitro benzene ring substituents is 1. The Kier molecular flexibility index (Phi) is 4.27. The number of amides is 1. The third kappa shape index (κ3) is 3.41. The number of halogens is 1. The molecule has 1 amide bonds. The summed E-state index contributed by atoms with van der Waals surface area (Å²) >= 11 is 0. The molecular weight excluding hydrogens is 279 g/mol. The highest BCUT2D eigenvalue weighted by Gasteiger charge is 2.17. The second-order valence-electron chi connectivity index (χ2n) is 4.38. The maximum absolute atomic E-state index is 13.2. The molecule has 1 heterocycles. The highest BCUT2D eigenvalue weighted by atomic mass is 19.1. The molecule has 0 saturated carbocycles. The summed E-state index contributed by atoms with van der Waals surface area (Å²) in [4.78, 5) is 25.7. The van der Waals surface area contributed by atoms with Crippen molar-refractivity contribution in [3.63, 3.8) is 0 Å². The quantitative estimate of drug-likeness (QED) is 0.667. The van der Waals surface area contributed by atoms with Gasteiger partial charge in [0.2, 0.25) is 5.82 Å². The average Bonchev–Trinajstić information content (AvgIpc) is 2.84. The number of carbonyl (C=O) groups excluding carboxylic acids is 1. The van der Waals surface area contributed by atoms with Crippen molar-refractivity contribution < 1.29 is 14.1 Å². The molecule has 0 unspecified atom stereocenters. The molecule has 0 aliphatic heterocycles. The van der Waals surface area contributed by atoms with Gasteiger partial charge in [0, 0.05) is 44.0 Å². The number of nitrogens with zero attached hydrogens (tertiary/aromatic N) is 3. The first kappa shape index (κ1) is 14.6. The Morgan fingerprint density at radius 2 is 2.29 bits per heavy atom. The summed E-state index contributed by atoms with van der Waals surface area (Å²) in [6.07, 6.45) is 3.97. The lowest BCUT2D eigenvalue weighted by atomic mass is 10.2. The van der Waals surface area contributed by atoms with Crippen LogP contribution in [0.5, 0.6) is 0 Å². The van der Waals surface area contributed by atoms with Crippen molar-refractivity contribution in [1.82, 2.24) is 14.9 Å². The van der Waals surface area contributed by atoms with Crippen LogP contribution in [0.2, 0.25) is 0 Å². The molecule has 0 radical (unpaired) electrons. The highest BCUT2D eigenvalue weighted by molar-refractivity contribution is 5.94. The van der Waals surface area contributed by atoms with Gasteiger partial charge in [0.05, 0.1) is 4.92 Å². The molecule has 0 fully saturated rings. The van der Waals surface area contributed by atoms with E-state index in [0.29, 0.717) is 13.0 Å². The molecular formula is C13H13FN4O3. The molecule has 7 nitrogen and oxygen atoms in total. The normalized spacial score (nSPS) is 10.4. The summed E-state index contributed by atoms with van der Waals surface area (Å²) in [6, 6.07) is 3.04. The number of benzene rings is 1. The smallest absolute Gasteiger partial charge is 0.305 e. The van der Waals surface area contributed by atoms with Gasteiger partial charge >= 0.3 is 5.69 Å². The zero-order valence-corrected chi connectivity index (χ0v) is 11.2. The molecule has 1 N–H and O–H groups in total. The Hall–Kier alpha value is -2.77. The van der Waals surface area contributed by atoms with Gasteiger partial charge in [-0.25, -0.2) is 4.98 Å². The second kappa shape index (κ2) is 6.12. The molecule has 1 aromatic carbocycles. The van der Waals surface area contributed by atoms with Crippen LogP contribution in [0.25, 0.3) is 0 Å². The summed E-state index contributed by atoms with van der Waals surface area (Å²) in [5.41, 5.74) is -0.672. The van der Waals surface area contributed by atoms with Crippen LogP contribution in [0.4, 0.5) is 10.1 Å². The van der Waals surface area contributed by atoms with E-state index >= 15 is 0 Å². The third-order valence-electron chi connectivity index (χ3n) is 2.96. The van der Waals surface area contributed by atoms with Crippen LogP contribution in [0.15, 0.2) is 30.6 Å². The zero-order chi connectivity index (χ0) is 15.4. The summed E-state index contributed by atoms with van der Waals surface area (Å²) < 4.78 is 15.0. The van der Waals surface area contributed by atoms with Gasteiger partial charge in [0.25, 0.3) is 5.91 Å². The number of aromatic nitrogens is 2. The second-order valence-corrected chi connectivity index (χ2v) is 4.38. The van der Waals surface area contributed by atoms with Gasteiger partial charge in [-0.15, -0.1) is 0 Å². The number of imidazole rings is 1. The van der Waals surface area contributed by atoms with E-state index in [2.05, 4.69) is 10.3 Å². The molecule has 8 heteroatoms. The van der Waals surface area contributed by atoms with E-state index in [1.807, 2.05) is 11.6 Å². The van der Waals surface area contributed by atoms with Crippen LogP contribution in [0.1, 0.15) is 16.2 Å². The van der Waals surface area contributed by atoms with Gasteiger partial charge in [0.1, 0.15) is 5.82 Å². The number of hydrogen-bond donors (Lipinski definition) is 1. The van der Waals surface area contributed by atoms with Gasteiger partial charge in [-0.2, -0.15) is 4.39 Å². The third-order valence-corrected chi connectivity index (χ3v) is 2.96. The molecule has 0 saturated heterocycles. The molecule has 2 rings (SSSR count). The van der Waals surface area contributed by atoms with Gasteiger partial charge in [0.15, 0.2) is 0 Å². The summed E-state index contributed by atoms with van der Waals surface area (Å²) in [7, 11) is 1.84. The van der Waals surface area contributed by atoms with Crippen molar-refractivity contribution in [3.05, 3.63) is 57.9 Å². The average molecular weight is 292 g/mol. The fourth-order valence-corrected chi connectivity index (χ4v) is 1.82. The molecule has 2 aromatic rings. The van der Waals surface area contributed by atoms with Crippen molar-refractivity contribution in [2.45, 2.75) is 6.42 Å². The van der Waals surface area contributed by atoms with Crippen LogP contribution in [-0.4, -0.2) is 26.9 Å². The van der Waals surface area contributed by atoms with Crippen LogP contribution in [0.3, 0.4) is 0 Å². The SMILES string of the molecule is Cn1ccnc1CCNC(=O)c1ccc(F)c([N+](=O)[O-])c1. The van der Waals surface area contributed by atoms with Gasteiger partial charge in [-0.1, -0.05) is 0 Å². The number of nitro groups is 1. The van der Waals surface area contributed by atoms with E-state index in [9.17, 15) is 19.3 Å². The van der Waals surface area contributed by atoms with E-state index in [4.69, 9.17) is 0 Å². The van der Waals surface area contributed by atoms with Crippen LogP contribution >= 0.6 is 0 Å². The molecule has 0 bridgehead atoms. The lowest BCUT2D eigenvalue weighted by Crippen LogP contribution is -2.26. The first-order chi connectivity index (χ1) is 9.99. The zero-order valence-electron chi connectivity index (χ0n) is 11.2. The Bertz CT molecular complexity index is 684. The summed E-state index contributed by atoms with van der Waals surface area (Å²) in [5, 5.41) is 13.2. The van der Waals surface area contributed by atoms with Gasteiger partial charge < -0.3 is 9.88 Å². The predicted molar refractivity (Wildman–Crippen MR) is 72.3 cm³/mol. The van der Waals surface area contributed by atoms with Crippen molar-refractivity contribution >= 4 is 11.6 Å². The van der Waals surface area contributed by atoms with E-state index in [-0.39, 0.29) is 5.56 Å². The first-order valence-electron chi connectivity index (χ1n) is 6.17. The van der Waals surface area contributed by atoms with E-state index in [1.165, 1.54) is 6.07 Å². The fourth-order valence-electron chi connectivity index (χ4n) is 1.82. The molecule has 0 aliphatic rings. The topological polar surface area (TPSA) is 90.1 Å². The fraction of sp³-hybridized carbons (Fsp3) is 0.231. The van der Waals surface area contributed by atoms with Crippen LogP contribution < -0.4 is 5.32 Å². The Balaban J connectivity index is 1.99. The molecule has 0 spiro atoms. The van der Waals surface area contributed by atoms with Crippen LogP contribution in [0, 0.1) is 15.9 Å². The van der Waals surface area contributed by atoms with Gasteiger partial charge in [-0.3, -0.25) is 14.9 Å². The minimum atomic E-state index is -0.968. The number of nitrogens with one attached hydrogen (secondary N) is 1. The Morgan fingerprint density at radius 3 is 2.90 bits per heavy atom. The van der Waals surface area contributed by atoms with Crippen LogP contribution in [-0.2, 0) is 13.5 Å². The summed E-state index contributed by atoms with van der Waals surface area (Å²) in [6.45, 7) is 0.328. The molecule has 110 valence electrons. The standard InChI is InChI=1S/C13H13FN4O3/c1-17-7-6-15-12(17)4-5-16-13(19)9-2-3-10(14)11(8-9)18(20)21/h2-3,6-8H,4-5H2,1H3,(H,16,19). The molecule has 0 atom stereocenters. The van der Waals surface area contributed by atoms with Crippen molar-refractivity contribution in [1.29, 1.82) is 0 Å². The maximum Gasteiger partial charge on any atom is 0.305 e. The van der Waals surface area contributed by atoms with Gasteiger partial charge in [-0.05, 0) is 12.1 Å². The van der Waals surface area contributed by atoms with E-state index < -0.39 is 22.3 Å². The lowest BCUT2D eigenvalue weighted by molar-refractivity contribution is -0.387. The van der Waals surface area contributed by atoms with Crippen molar-refractivity contribution in [3.8, 4) is 0 Å². The minimum absolute atomic E-state index is 0.0444. The highest BCUT2D eigenvalue weighted by Crippen LogP contribution is 2.18. The number of hydrogen-bond acceptors (Lipinski definition) is 4. The minimum Gasteiger partial charge on any atom is -0.352 e. The largest absolute Gasteiger partial charge is 0.352 e. The number of carbonyl (C=O) groups is 1. The number of aryl methyl sites for hydroxylation is 1. The maximum atomic E-state index is 13.2. The number of rotatable bonds is 5.